The van der Waals surface area contributed by atoms with Gasteiger partial charge < -0.3 is 15.8 Å². The highest BCUT2D eigenvalue weighted by atomic mass is 16.5. The quantitative estimate of drug-likeness (QED) is 0.757. The van der Waals surface area contributed by atoms with Crippen LogP contribution < -0.4 is 15.8 Å². The third kappa shape index (κ3) is 2.27. The number of hydrogen-bond acceptors (Lipinski definition) is 3. The maximum Gasteiger partial charge on any atom is 0.251 e. The van der Waals surface area contributed by atoms with E-state index in [4.69, 9.17) is 10.5 Å². The smallest absolute Gasteiger partial charge is 0.251 e. The standard InChI is InChI=1S/C12H16N2O2/c1-7-3-11(7)14-12(15)8-4-9(13)6-10(5-8)16-2/h4-7,11H,3,13H2,1-2H3,(H,14,15). The van der Waals surface area contributed by atoms with Crippen molar-refractivity contribution in [2.75, 3.05) is 12.8 Å². The molecule has 0 bridgehead atoms. The van der Waals surface area contributed by atoms with Gasteiger partial charge in [-0.05, 0) is 24.5 Å². The minimum atomic E-state index is -0.0834. The van der Waals surface area contributed by atoms with Gasteiger partial charge in [-0.3, -0.25) is 4.79 Å². The predicted molar refractivity (Wildman–Crippen MR) is 62.4 cm³/mol. The number of anilines is 1. The summed E-state index contributed by atoms with van der Waals surface area (Å²) in [6.07, 6.45) is 1.06. The van der Waals surface area contributed by atoms with Gasteiger partial charge in [0.1, 0.15) is 5.75 Å². The van der Waals surface area contributed by atoms with Crippen LogP contribution in [0.3, 0.4) is 0 Å². The molecule has 1 aromatic carbocycles. The molecule has 2 atom stereocenters. The molecule has 0 heterocycles. The Bertz CT molecular complexity index is 417. The maximum atomic E-state index is 11.8. The number of carbonyl (C=O) groups excluding carboxylic acids is 1. The molecule has 2 unspecified atom stereocenters. The maximum absolute atomic E-state index is 11.8. The molecular weight excluding hydrogens is 204 g/mol. The highest BCUT2D eigenvalue weighted by Gasteiger charge is 2.34. The normalized spacial score (nSPS) is 22.6. The third-order valence-electron chi connectivity index (χ3n) is 2.85. The molecule has 1 aromatic rings. The summed E-state index contributed by atoms with van der Waals surface area (Å²) in [6, 6.07) is 5.36. The lowest BCUT2D eigenvalue weighted by atomic mass is 10.1. The van der Waals surface area contributed by atoms with E-state index in [-0.39, 0.29) is 5.91 Å². The topological polar surface area (TPSA) is 64.3 Å². The number of rotatable bonds is 3. The number of nitrogens with one attached hydrogen (secondary N) is 1. The summed E-state index contributed by atoms with van der Waals surface area (Å²) in [5.41, 5.74) is 6.77. The fourth-order valence-electron chi connectivity index (χ4n) is 1.65. The van der Waals surface area contributed by atoms with Crippen LogP contribution in [0.4, 0.5) is 5.69 Å². The number of methoxy groups -OCH3 is 1. The van der Waals surface area contributed by atoms with E-state index in [1.165, 1.54) is 0 Å². The number of ether oxygens (including phenoxy) is 1. The van der Waals surface area contributed by atoms with Crippen LogP contribution in [0.1, 0.15) is 23.7 Å². The second kappa shape index (κ2) is 4.04. The van der Waals surface area contributed by atoms with Crippen molar-refractivity contribution in [3.05, 3.63) is 23.8 Å². The molecule has 1 fully saturated rings. The van der Waals surface area contributed by atoms with Crippen LogP contribution in [0.5, 0.6) is 5.75 Å². The number of amides is 1. The van der Waals surface area contributed by atoms with Gasteiger partial charge in [0, 0.05) is 23.4 Å². The fraction of sp³-hybridized carbons (Fsp3) is 0.417. The number of benzene rings is 1. The van der Waals surface area contributed by atoms with Crippen molar-refractivity contribution < 1.29 is 9.53 Å². The largest absolute Gasteiger partial charge is 0.497 e. The van der Waals surface area contributed by atoms with Crippen LogP contribution in [-0.4, -0.2) is 19.1 Å². The first-order valence-electron chi connectivity index (χ1n) is 5.35. The van der Waals surface area contributed by atoms with Gasteiger partial charge >= 0.3 is 0 Å². The number of hydrogen-bond donors (Lipinski definition) is 2. The van der Waals surface area contributed by atoms with Crippen molar-refractivity contribution in [3.8, 4) is 5.75 Å². The highest BCUT2D eigenvalue weighted by molar-refractivity contribution is 5.95. The van der Waals surface area contributed by atoms with Crippen molar-refractivity contribution in [2.24, 2.45) is 5.92 Å². The summed E-state index contributed by atoms with van der Waals surface area (Å²) >= 11 is 0. The minimum absolute atomic E-state index is 0.0834. The summed E-state index contributed by atoms with van der Waals surface area (Å²) in [6.45, 7) is 2.12. The minimum Gasteiger partial charge on any atom is -0.497 e. The predicted octanol–water partition coefficient (Wildman–Crippen LogP) is 1.42. The number of nitrogen functional groups attached to an aromatic ring is 1. The first kappa shape index (κ1) is 10.8. The average Bonchev–Trinajstić information content (AvgIpc) is 2.93. The van der Waals surface area contributed by atoms with Gasteiger partial charge in [-0.1, -0.05) is 6.92 Å². The van der Waals surface area contributed by atoms with Crippen LogP contribution >= 0.6 is 0 Å². The van der Waals surface area contributed by atoms with E-state index in [0.29, 0.717) is 29.0 Å². The summed E-state index contributed by atoms with van der Waals surface area (Å²) in [5.74, 6) is 1.11. The zero-order valence-electron chi connectivity index (χ0n) is 9.49. The molecule has 2 rings (SSSR count). The first-order valence-corrected chi connectivity index (χ1v) is 5.35. The van der Waals surface area contributed by atoms with Crippen molar-refractivity contribution >= 4 is 11.6 Å². The molecule has 86 valence electrons. The molecule has 0 radical (unpaired) electrons. The third-order valence-corrected chi connectivity index (χ3v) is 2.85. The van der Waals surface area contributed by atoms with Crippen molar-refractivity contribution in [1.82, 2.24) is 5.32 Å². The van der Waals surface area contributed by atoms with Crippen molar-refractivity contribution in [2.45, 2.75) is 19.4 Å². The molecule has 4 nitrogen and oxygen atoms in total. The molecule has 1 saturated carbocycles. The second-order valence-electron chi connectivity index (χ2n) is 4.29. The van der Waals surface area contributed by atoms with Crippen LogP contribution in [0.2, 0.25) is 0 Å². The SMILES string of the molecule is COc1cc(N)cc(C(=O)NC2CC2C)c1. The Kier molecular flexibility index (Phi) is 2.73. The van der Waals surface area contributed by atoms with E-state index in [9.17, 15) is 4.79 Å². The Labute approximate surface area is 94.8 Å². The molecule has 1 amide bonds. The molecule has 4 heteroatoms. The first-order chi connectivity index (χ1) is 7.60. The highest BCUT2D eigenvalue weighted by Crippen LogP contribution is 2.29. The van der Waals surface area contributed by atoms with Gasteiger partial charge in [0.05, 0.1) is 7.11 Å². The van der Waals surface area contributed by atoms with Crippen LogP contribution in [0, 0.1) is 5.92 Å². The molecule has 0 saturated heterocycles. The lowest BCUT2D eigenvalue weighted by Gasteiger charge is -2.07. The fourth-order valence-corrected chi connectivity index (χ4v) is 1.65. The summed E-state index contributed by atoms with van der Waals surface area (Å²) in [7, 11) is 1.55. The second-order valence-corrected chi connectivity index (χ2v) is 4.29. The van der Waals surface area contributed by atoms with E-state index >= 15 is 0 Å². The summed E-state index contributed by atoms with van der Waals surface area (Å²) in [5, 5.41) is 2.95. The van der Waals surface area contributed by atoms with Crippen LogP contribution in [0.25, 0.3) is 0 Å². The molecule has 1 aliphatic rings. The van der Waals surface area contributed by atoms with E-state index in [1.54, 1.807) is 25.3 Å². The molecule has 0 aromatic heterocycles. The number of nitrogens with two attached hydrogens (primary N) is 1. The summed E-state index contributed by atoms with van der Waals surface area (Å²) in [4.78, 5) is 11.8. The molecule has 1 aliphatic carbocycles. The Morgan fingerprint density at radius 1 is 1.50 bits per heavy atom. The molecule has 16 heavy (non-hydrogen) atoms. The van der Waals surface area contributed by atoms with Gasteiger partial charge in [-0.25, -0.2) is 0 Å². The van der Waals surface area contributed by atoms with E-state index < -0.39 is 0 Å². The monoisotopic (exact) mass is 220 g/mol. The Hall–Kier alpha value is -1.71. The average molecular weight is 220 g/mol. The van der Waals surface area contributed by atoms with Gasteiger partial charge in [0.25, 0.3) is 5.91 Å². The molecule has 0 spiro atoms. The lowest BCUT2D eigenvalue weighted by Crippen LogP contribution is -2.26. The van der Waals surface area contributed by atoms with Crippen molar-refractivity contribution in [1.29, 1.82) is 0 Å². The van der Waals surface area contributed by atoms with E-state index in [2.05, 4.69) is 12.2 Å². The zero-order chi connectivity index (χ0) is 11.7. The number of carbonyl (C=O) groups is 1. The Morgan fingerprint density at radius 2 is 2.19 bits per heavy atom. The van der Waals surface area contributed by atoms with Crippen molar-refractivity contribution in [3.63, 3.8) is 0 Å². The summed E-state index contributed by atoms with van der Waals surface area (Å²) < 4.78 is 5.07. The van der Waals surface area contributed by atoms with Gasteiger partial charge in [-0.2, -0.15) is 0 Å². The van der Waals surface area contributed by atoms with Gasteiger partial charge in [0.2, 0.25) is 0 Å². The van der Waals surface area contributed by atoms with Gasteiger partial charge in [0.15, 0.2) is 0 Å². The van der Waals surface area contributed by atoms with Crippen LogP contribution in [0.15, 0.2) is 18.2 Å². The Balaban J connectivity index is 2.12. The molecular formula is C12H16N2O2. The van der Waals surface area contributed by atoms with E-state index in [1.807, 2.05) is 0 Å². The zero-order valence-corrected chi connectivity index (χ0v) is 9.49. The Morgan fingerprint density at radius 3 is 2.75 bits per heavy atom. The lowest BCUT2D eigenvalue weighted by molar-refractivity contribution is 0.0949. The van der Waals surface area contributed by atoms with Crippen LogP contribution in [-0.2, 0) is 0 Å². The van der Waals surface area contributed by atoms with Gasteiger partial charge in [-0.15, -0.1) is 0 Å². The molecule has 3 N–H and O–H groups in total. The van der Waals surface area contributed by atoms with E-state index in [0.717, 1.165) is 6.42 Å². The molecule has 0 aliphatic heterocycles.